The molecule has 3 aromatic carbocycles. The molecule has 6 heterocycles. The molecule has 5 aromatic rings. The van der Waals surface area contributed by atoms with Gasteiger partial charge in [0.05, 0.1) is 67.0 Å². The van der Waals surface area contributed by atoms with Gasteiger partial charge in [0.1, 0.15) is 25.0 Å². The summed E-state index contributed by atoms with van der Waals surface area (Å²) < 4.78 is 24.3. The van der Waals surface area contributed by atoms with Gasteiger partial charge in [0.2, 0.25) is 17.8 Å². The van der Waals surface area contributed by atoms with E-state index in [1.165, 1.54) is 0 Å². The number of hydrogen-bond donors (Lipinski definition) is 4. The third-order valence-corrected chi connectivity index (χ3v) is 16.5. The first-order valence-corrected chi connectivity index (χ1v) is 29.6. The van der Waals surface area contributed by atoms with Gasteiger partial charge in [-0.25, -0.2) is 15.0 Å². The number of piperazine rings is 2. The fraction of sp³-hybridized carbons (Fsp3) is 0.500. The summed E-state index contributed by atoms with van der Waals surface area (Å²) in [5.41, 5.74) is 9.89. The Labute approximate surface area is 482 Å². The molecule has 0 unspecified atom stereocenters. The summed E-state index contributed by atoms with van der Waals surface area (Å²) in [6, 6.07) is 23.3. The Kier molecular flexibility index (Phi) is 21.5. The number of amides is 2. The van der Waals surface area contributed by atoms with Gasteiger partial charge in [-0.15, -0.1) is 11.3 Å². The van der Waals surface area contributed by atoms with Gasteiger partial charge in [-0.05, 0) is 78.9 Å². The Hall–Kier alpha value is -6.13. The average Bonchev–Trinajstić information content (AvgIpc) is 4.11. The van der Waals surface area contributed by atoms with Gasteiger partial charge in [0.25, 0.3) is 0 Å². The first kappa shape index (κ1) is 59.5. The number of nitrogens with one attached hydrogen (secondary N) is 3. The maximum atomic E-state index is 14.2. The summed E-state index contributed by atoms with van der Waals surface area (Å²) in [5.74, 6) is 0.755. The number of nitrogens with zero attached hydrogens (tertiary/aromatic N) is 8. The molecular formula is C62H83N11O7S. The van der Waals surface area contributed by atoms with Crippen molar-refractivity contribution >= 4 is 34.8 Å². The highest BCUT2D eigenvalue weighted by molar-refractivity contribution is 7.13. The first-order chi connectivity index (χ1) is 39.3. The molecule has 0 spiro atoms. The van der Waals surface area contributed by atoms with Gasteiger partial charge >= 0.3 is 0 Å². The topological polar surface area (TPSA) is 182 Å². The van der Waals surface area contributed by atoms with Gasteiger partial charge < -0.3 is 54.7 Å². The van der Waals surface area contributed by atoms with Crippen LogP contribution < -0.4 is 20.7 Å². The number of β-amino-alcohol motifs (C(OH)–C–C–N with tert-alkyl or cyclic N) is 1. The van der Waals surface area contributed by atoms with Gasteiger partial charge in [-0.2, -0.15) is 0 Å². The number of benzene rings is 3. The van der Waals surface area contributed by atoms with E-state index < -0.39 is 23.6 Å². The molecule has 434 valence electrons. The summed E-state index contributed by atoms with van der Waals surface area (Å²) in [6.07, 6.45) is 6.58. The number of fused-ring (bicyclic) bond motifs is 7. The van der Waals surface area contributed by atoms with Crippen LogP contribution in [0.1, 0.15) is 56.0 Å². The lowest BCUT2D eigenvalue weighted by Gasteiger charge is -2.37. The third-order valence-electron chi connectivity index (χ3n) is 15.5. The lowest BCUT2D eigenvalue weighted by atomic mass is 9.85. The van der Waals surface area contributed by atoms with E-state index in [1.807, 2.05) is 69.6 Å². The van der Waals surface area contributed by atoms with Crippen LogP contribution >= 0.6 is 11.3 Å². The van der Waals surface area contributed by atoms with Crippen molar-refractivity contribution in [3.05, 3.63) is 131 Å². The minimum absolute atomic E-state index is 0.132. The van der Waals surface area contributed by atoms with E-state index in [-0.39, 0.29) is 25.0 Å². The smallest absolute Gasteiger partial charge is 0.246 e. The number of aliphatic hydroxyl groups excluding tert-OH is 1. The molecular weight excluding hydrogens is 1040 g/mol. The Morgan fingerprint density at radius 3 is 2.22 bits per heavy atom. The second-order valence-electron chi connectivity index (χ2n) is 22.6. The molecule has 2 aromatic heterocycles. The third kappa shape index (κ3) is 17.5. The molecule has 4 aliphatic heterocycles. The Morgan fingerprint density at radius 2 is 1.53 bits per heavy atom. The first-order valence-electron chi connectivity index (χ1n) is 28.7. The van der Waals surface area contributed by atoms with Crippen LogP contribution in [0.15, 0.2) is 109 Å². The molecule has 81 heavy (non-hydrogen) atoms. The van der Waals surface area contributed by atoms with Crippen molar-refractivity contribution in [3.63, 3.8) is 0 Å². The summed E-state index contributed by atoms with van der Waals surface area (Å²) in [7, 11) is 0. The van der Waals surface area contributed by atoms with Crippen molar-refractivity contribution in [1.29, 1.82) is 0 Å². The van der Waals surface area contributed by atoms with E-state index in [4.69, 9.17) is 23.9 Å². The normalized spacial score (nSPS) is 19.7. The minimum atomic E-state index is -0.811. The van der Waals surface area contributed by atoms with Crippen LogP contribution in [0.5, 0.6) is 5.75 Å². The number of ether oxygens (including phenoxy) is 4. The maximum absolute atomic E-state index is 14.2. The number of carbonyl (C=O) groups is 2. The second kappa shape index (κ2) is 29.2. The highest BCUT2D eigenvalue weighted by atomic mass is 32.1. The van der Waals surface area contributed by atoms with E-state index in [0.717, 1.165) is 140 Å². The van der Waals surface area contributed by atoms with Gasteiger partial charge in [-0.1, -0.05) is 82.0 Å². The molecule has 9 rings (SSSR count). The number of rotatable bonds is 20. The van der Waals surface area contributed by atoms with E-state index in [1.54, 1.807) is 22.4 Å². The van der Waals surface area contributed by atoms with Crippen molar-refractivity contribution in [2.45, 2.75) is 78.5 Å². The van der Waals surface area contributed by atoms with Gasteiger partial charge in [-0.3, -0.25) is 19.4 Å². The molecule has 3 atom stereocenters. The summed E-state index contributed by atoms with van der Waals surface area (Å²) in [4.78, 5) is 54.0. The zero-order chi connectivity index (χ0) is 56.6. The molecule has 0 saturated carbocycles. The molecule has 3 saturated heterocycles. The van der Waals surface area contributed by atoms with Crippen LogP contribution in [-0.2, 0) is 43.6 Å². The summed E-state index contributed by atoms with van der Waals surface area (Å²) in [5, 5.41) is 20.5. The van der Waals surface area contributed by atoms with E-state index in [9.17, 15) is 14.7 Å². The molecule has 6 bridgehead atoms. The van der Waals surface area contributed by atoms with Crippen molar-refractivity contribution in [2.24, 2.45) is 5.41 Å². The molecule has 4 aliphatic rings. The molecule has 0 aliphatic carbocycles. The highest BCUT2D eigenvalue weighted by Crippen LogP contribution is 2.31. The number of thiazole rings is 1. The fourth-order valence-corrected chi connectivity index (χ4v) is 11.6. The Bertz CT molecular complexity index is 2860. The maximum Gasteiger partial charge on any atom is 0.246 e. The lowest BCUT2D eigenvalue weighted by molar-refractivity contribution is -0.141. The SMILES string of the molecule is C=C(NCc1ccc(-c2scnc2C)cc1)[C@@H]1C[C@@H](O)CN1C(=O)[C@@H](NC(=O)COCCN1CCN(CCCN2CCN(CCOc3ccc4cc3COC/C=C/COCc3cccc(c3)-c3ccnc(n3)N4)CC2)CC1)C(C)(C)C. The Balaban J connectivity index is 0.634. The zero-order valence-corrected chi connectivity index (χ0v) is 48.6. The Morgan fingerprint density at radius 1 is 0.840 bits per heavy atom. The van der Waals surface area contributed by atoms with E-state index in [0.29, 0.717) is 64.3 Å². The second-order valence-corrected chi connectivity index (χ2v) is 23.5. The van der Waals surface area contributed by atoms with Crippen LogP contribution in [0, 0.1) is 12.3 Å². The van der Waals surface area contributed by atoms with E-state index >= 15 is 0 Å². The van der Waals surface area contributed by atoms with Crippen LogP contribution in [0.25, 0.3) is 21.7 Å². The van der Waals surface area contributed by atoms with E-state index in [2.05, 4.69) is 101 Å². The average molecular weight is 1130 g/mol. The van der Waals surface area contributed by atoms with Crippen molar-refractivity contribution in [1.82, 2.24) is 50.1 Å². The number of aliphatic hydroxyl groups is 1. The minimum Gasteiger partial charge on any atom is -0.492 e. The van der Waals surface area contributed by atoms with Crippen molar-refractivity contribution in [2.75, 3.05) is 123 Å². The molecule has 0 radical (unpaired) electrons. The number of aryl methyl sites for hydroxylation is 1. The summed E-state index contributed by atoms with van der Waals surface area (Å²) in [6.45, 7) is 27.4. The van der Waals surface area contributed by atoms with Crippen molar-refractivity contribution in [3.8, 4) is 27.4 Å². The monoisotopic (exact) mass is 1130 g/mol. The number of hydrogen-bond acceptors (Lipinski definition) is 17. The van der Waals surface area contributed by atoms with Crippen LogP contribution in [0.3, 0.4) is 0 Å². The predicted molar refractivity (Wildman–Crippen MR) is 318 cm³/mol. The standard InChI is InChI=1S/C62H83N11O7S/c1-45(64-39-47-12-14-49(15-13-47)58-46(2)65-44-81-58)55-38-53(74)40-73(55)60(76)59(62(3,4)5)68-57(75)43-79-34-30-71-26-22-69(23-27-71)20-9-21-70-24-28-72(29-25-70)31-35-80-56-17-16-52-37-51(56)42-78-33-7-6-32-77-41-48-10-8-11-50(36-48)54-18-19-63-61(66-52)67-54/h6-8,10-19,36-37,44,53,55,59,64,74H,1,9,20-35,38-43H2,2-5H3,(H,68,75)(H,63,66,67)/b7-6+/t53-,55+,59-/m1/s1. The molecule has 3 fully saturated rings. The molecule has 2 amide bonds. The predicted octanol–water partition coefficient (Wildman–Crippen LogP) is 6.74. The van der Waals surface area contributed by atoms with Crippen LogP contribution in [0.2, 0.25) is 0 Å². The van der Waals surface area contributed by atoms with Gasteiger partial charge in [0, 0.05) is 114 Å². The number of anilines is 2. The van der Waals surface area contributed by atoms with Gasteiger partial charge in [0.15, 0.2) is 0 Å². The van der Waals surface area contributed by atoms with Crippen molar-refractivity contribution < 1.29 is 33.6 Å². The van der Waals surface area contributed by atoms with Crippen LogP contribution in [-0.4, -0.2) is 193 Å². The lowest BCUT2D eigenvalue weighted by Crippen LogP contribution is -2.57. The number of carbonyl (C=O) groups excluding carboxylic acids is 2. The summed E-state index contributed by atoms with van der Waals surface area (Å²) >= 11 is 1.62. The number of aromatic nitrogens is 3. The quantitative estimate of drug-likeness (QED) is 0.0475. The molecule has 18 nitrogen and oxygen atoms in total. The largest absolute Gasteiger partial charge is 0.492 e. The number of likely N-dealkylation sites (tertiary alicyclic amines) is 1. The molecule has 4 N–H and O–H groups in total. The molecule has 19 heteroatoms. The zero-order valence-electron chi connectivity index (χ0n) is 47.8. The highest BCUT2D eigenvalue weighted by Gasteiger charge is 2.43. The van der Waals surface area contributed by atoms with Crippen LogP contribution in [0.4, 0.5) is 11.6 Å². The fourth-order valence-electron chi connectivity index (χ4n) is 10.8.